The van der Waals surface area contributed by atoms with E-state index in [1.807, 2.05) is 70.3 Å². The molecule has 0 radical (unpaired) electrons. The highest BCUT2D eigenvalue weighted by molar-refractivity contribution is 7.98. The number of rotatable bonds is 14. The third-order valence-electron chi connectivity index (χ3n) is 7.37. The third kappa shape index (κ3) is 10.0. The van der Waals surface area contributed by atoms with Gasteiger partial charge in [-0.1, -0.05) is 54.1 Å². The number of amides is 2. The molecular weight excluding hydrogens is 666 g/mol. The molecule has 254 valence electrons. The smallest absolute Gasteiger partial charge is 0.264 e. The number of nitrogens with zero attached hydrogens (tertiary/aromatic N) is 2. The third-order valence-corrected chi connectivity index (χ3v) is 10.1. The van der Waals surface area contributed by atoms with Crippen LogP contribution < -0.4 is 14.4 Å². The van der Waals surface area contributed by atoms with Crippen molar-refractivity contribution in [2.45, 2.75) is 62.0 Å². The molecule has 0 aromatic heterocycles. The van der Waals surface area contributed by atoms with Crippen molar-refractivity contribution in [2.75, 3.05) is 23.7 Å². The molecule has 0 aliphatic heterocycles. The van der Waals surface area contributed by atoms with Gasteiger partial charge in [0, 0.05) is 28.4 Å². The van der Waals surface area contributed by atoms with Crippen LogP contribution in [0.2, 0.25) is 5.02 Å². The van der Waals surface area contributed by atoms with Crippen LogP contribution in [-0.4, -0.2) is 56.1 Å². The van der Waals surface area contributed by atoms with Crippen LogP contribution in [0.25, 0.3) is 0 Å². The topological polar surface area (TPSA) is 96.0 Å². The van der Waals surface area contributed by atoms with E-state index < -0.39 is 34.1 Å². The van der Waals surface area contributed by atoms with Crippen LogP contribution in [-0.2, 0) is 32.6 Å². The molecule has 4 aromatic carbocycles. The maximum atomic E-state index is 14.6. The van der Waals surface area contributed by atoms with E-state index in [0.717, 1.165) is 14.8 Å². The fraction of sp³-hybridized carbons (Fsp3) is 0.297. The summed E-state index contributed by atoms with van der Waals surface area (Å²) in [5.74, 6) is -0.346. The van der Waals surface area contributed by atoms with E-state index in [1.165, 1.54) is 28.8 Å². The summed E-state index contributed by atoms with van der Waals surface area (Å²) in [6.07, 6.45) is 2.12. The molecule has 0 bridgehead atoms. The number of carbonyl (C=O) groups excluding carboxylic acids is 2. The van der Waals surface area contributed by atoms with Crippen molar-refractivity contribution in [1.29, 1.82) is 0 Å². The van der Waals surface area contributed by atoms with Gasteiger partial charge in [-0.15, -0.1) is 11.8 Å². The van der Waals surface area contributed by atoms with E-state index in [0.29, 0.717) is 22.9 Å². The lowest BCUT2D eigenvalue weighted by atomic mass is 10.0. The van der Waals surface area contributed by atoms with Crippen LogP contribution in [0.1, 0.15) is 38.8 Å². The van der Waals surface area contributed by atoms with Crippen LogP contribution >= 0.6 is 23.4 Å². The summed E-state index contributed by atoms with van der Waals surface area (Å²) in [7, 11) is -4.23. The lowest BCUT2D eigenvalue weighted by molar-refractivity contribution is -0.140. The Hall–Kier alpha value is -3.99. The highest BCUT2D eigenvalue weighted by atomic mass is 35.5. The van der Waals surface area contributed by atoms with Gasteiger partial charge in [0.05, 0.1) is 17.2 Å². The van der Waals surface area contributed by atoms with Crippen molar-refractivity contribution in [1.82, 2.24) is 10.2 Å². The number of halogens is 1. The summed E-state index contributed by atoms with van der Waals surface area (Å²) in [4.78, 5) is 31.1. The molecule has 0 spiro atoms. The number of thioether (sulfide) groups is 1. The zero-order valence-electron chi connectivity index (χ0n) is 27.9. The SMILES string of the molecule is CCOc1ccc(N(CC(=O)N(Cc2cccc(Cl)c2)[C@H](Cc2ccccc2)C(=O)NC(C)(C)C)S(=O)(=O)c2ccc(SC)cc2)cc1. The minimum atomic E-state index is -4.23. The first kappa shape index (κ1) is 36.8. The molecule has 0 unspecified atom stereocenters. The second-order valence-corrected chi connectivity index (χ2v) is 15.4. The van der Waals surface area contributed by atoms with Gasteiger partial charge in [-0.2, -0.15) is 0 Å². The maximum absolute atomic E-state index is 14.6. The number of benzene rings is 4. The first-order valence-corrected chi connectivity index (χ1v) is 18.6. The van der Waals surface area contributed by atoms with Crippen LogP contribution in [0, 0.1) is 0 Å². The van der Waals surface area contributed by atoms with Crippen LogP contribution in [0.4, 0.5) is 5.69 Å². The lowest BCUT2D eigenvalue weighted by Gasteiger charge is -2.35. The standard InChI is InChI=1S/C37H42ClN3O5S2/c1-6-46-31-17-15-30(16-18-31)41(48(44,45)33-21-19-32(47-5)20-22-33)26-35(42)40(25-28-13-10-14-29(38)23-28)34(36(43)39-37(2,3)4)24-27-11-8-7-9-12-27/h7-23,34H,6,24-26H2,1-5H3,(H,39,43)/t34-/m1/s1. The number of hydrogen-bond acceptors (Lipinski definition) is 6. The highest BCUT2D eigenvalue weighted by Crippen LogP contribution is 2.28. The van der Waals surface area contributed by atoms with Gasteiger partial charge in [-0.3, -0.25) is 13.9 Å². The summed E-state index contributed by atoms with van der Waals surface area (Å²) in [6.45, 7) is 7.38. The molecule has 4 rings (SSSR count). The Morgan fingerprint density at radius 3 is 2.12 bits per heavy atom. The summed E-state index contributed by atoms with van der Waals surface area (Å²) < 4.78 is 35.3. The monoisotopic (exact) mass is 707 g/mol. The Morgan fingerprint density at radius 1 is 0.896 bits per heavy atom. The van der Waals surface area contributed by atoms with Gasteiger partial charge in [0.15, 0.2) is 0 Å². The number of carbonyl (C=O) groups is 2. The predicted octanol–water partition coefficient (Wildman–Crippen LogP) is 7.21. The summed E-state index contributed by atoms with van der Waals surface area (Å²) in [5.41, 5.74) is 1.24. The number of ether oxygens (including phenoxy) is 1. The first-order valence-electron chi connectivity index (χ1n) is 15.6. The normalized spacial score (nSPS) is 12.2. The van der Waals surface area contributed by atoms with Gasteiger partial charge in [-0.05, 0) is 106 Å². The molecule has 11 heteroatoms. The second kappa shape index (κ2) is 16.4. The van der Waals surface area contributed by atoms with Crippen molar-refractivity contribution < 1.29 is 22.7 Å². The van der Waals surface area contributed by atoms with E-state index in [-0.39, 0.29) is 29.5 Å². The fourth-order valence-electron chi connectivity index (χ4n) is 5.12. The van der Waals surface area contributed by atoms with Gasteiger partial charge in [0.25, 0.3) is 10.0 Å². The number of sulfonamides is 1. The maximum Gasteiger partial charge on any atom is 0.264 e. The minimum absolute atomic E-state index is 0.0219. The minimum Gasteiger partial charge on any atom is -0.494 e. The van der Waals surface area contributed by atoms with Gasteiger partial charge in [-0.25, -0.2) is 8.42 Å². The van der Waals surface area contributed by atoms with Gasteiger partial charge < -0.3 is 15.0 Å². The van der Waals surface area contributed by atoms with E-state index in [9.17, 15) is 18.0 Å². The lowest BCUT2D eigenvalue weighted by Crippen LogP contribution is -2.56. The molecule has 1 N–H and O–H groups in total. The summed E-state index contributed by atoms with van der Waals surface area (Å²) in [5, 5.41) is 3.51. The molecule has 0 aliphatic rings. The van der Waals surface area contributed by atoms with Crippen molar-refractivity contribution >= 4 is 50.9 Å². The highest BCUT2D eigenvalue weighted by Gasteiger charge is 2.35. The van der Waals surface area contributed by atoms with E-state index in [1.54, 1.807) is 54.6 Å². The molecule has 0 fully saturated rings. The van der Waals surface area contributed by atoms with Crippen molar-refractivity contribution in [3.05, 3.63) is 119 Å². The van der Waals surface area contributed by atoms with E-state index in [4.69, 9.17) is 16.3 Å². The van der Waals surface area contributed by atoms with Gasteiger partial charge in [0.1, 0.15) is 18.3 Å². The Bertz CT molecular complexity index is 1780. The first-order chi connectivity index (χ1) is 22.8. The van der Waals surface area contributed by atoms with Crippen LogP contribution in [0.5, 0.6) is 5.75 Å². The Balaban J connectivity index is 1.82. The van der Waals surface area contributed by atoms with Crippen molar-refractivity contribution in [3.8, 4) is 5.75 Å². The van der Waals surface area contributed by atoms with Crippen molar-refractivity contribution in [3.63, 3.8) is 0 Å². The molecule has 0 aliphatic carbocycles. The fourth-order valence-corrected chi connectivity index (χ4v) is 7.15. The summed E-state index contributed by atoms with van der Waals surface area (Å²) >= 11 is 7.83. The summed E-state index contributed by atoms with van der Waals surface area (Å²) in [6, 6.07) is 28.6. The Kier molecular flexibility index (Phi) is 12.6. The molecular formula is C37H42ClN3O5S2. The Morgan fingerprint density at radius 2 is 1.54 bits per heavy atom. The van der Waals surface area contributed by atoms with Crippen LogP contribution in [0.3, 0.4) is 0 Å². The zero-order chi connectivity index (χ0) is 34.9. The Labute approximate surface area is 293 Å². The molecule has 0 heterocycles. The molecule has 1 atom stereocenters. The number of anilines is 1. The predicted molar refractivity (Wildman–Crippen MR) is 194 cm³/mol. The molecule has 4 aromatic rings. The van der Waals surface area contributed by atoms with Gasteiger partial charge in [0.2, 0.25) is 11.8 Å². The van der Waals surface area contributed by atoms with Crippen molar-refractivity contribution in [2.24, 2.45) is 0 Å². The second-order valence-electron chi connectivity index (χ2n) is 12.2. The largest absolute Gasteiger partial charge is 0.494 e. The molecule has 48 heavy (non-hydrogen) atoms. The number of hydrogen-bond donors (Lipinski definition) is 1. The van der Waals surface area contributed by atoms with Gasteiger partial charge >= 0.3 is 0 Å². The molecule has 8 nitrogen and oxygen atoms in total. The zero-order valence-corrected chi connectivity index (χ0v) is 30.2. The quantitative estimate of drug-likeness (QED) is 0.139. The number of nitrogens with one attached hydrogen (secondary N) is 1. The van der Waals surface area contributed by atoms with Crippen LogP contribution in [0.15, 0.2) is 113 Å². The van der Waals surface area contributed by atoms with E-state index >= 15 is 0 Å². The average Bonchev–Trinajstić information content (AvgIpc) is 3.05. The average molecular weight is 708 g/mol. The molecule has 0 saturated heterocycles. The van der Waals surface area contributed by atoms with E-state index in [2.05, 4.69) is 5.32 Å². The molecule has 0 saturated carbocycles. The molecule has 2 amide bonds.